The predicted molar refractivity (Wildman–Crippen MR) is 96.5 cm³/mol. The Kier molecular flexibility index (Phi) is 4.56. The van der Waals surface area contributed by atoms with Crippen molar-refractivity contribution in [1.82, 2.24) is 20.8 Å². The molecule has 0 aliphatic carbocycles. The molecule has 3 N–H and O–H groups in total. The molecular formula is C17H19N5O3S. The molecule has 4 rings (SSSR count). The molecule has 9 heteroatoms. The third kappa shape index (κ3) is 3.68. The minimum Gasteiger partial charge on any atom is -0.430 e. The summed E-state index contributed by atoms with van der Waals surface area (Å²) in [6.45, 7) is 1.40. The summed E-state index contributed by atoms with van der Waals surface area (Å²) in [5, 5.41) is 17.5. The van der Waals surface area contributed by atoms with Crippen LogP contribution < -0.4 is 20.7 Å². The zero-order valence-corrected chi connectivity index (χ0v) is 15.0. The standard InChI is InChI=1S/C17H19N5O3S/c1-9(23)18-16-21-22-17(26-16)25-12-5-2-10(3-6-12)15(24)20-14-8-11-4-7-13(14)19-11/h2-3,5-6,11,13-14,19H,4,7-8H2,1H3,(H,20,24)(H,18,21,23)/t11-,13+,14-/m1/s1. The van der Waals surface area contributed by atoms with E-state index in [2.05, 4.69) is 26.1 Å². The topological polar surface area (TPSA) is 105 Å². The van der Waals surface area contributed by atoms with Crippen molar-refractivity contribution >= 4 is 28.3 Å². The van der Waals surface area contributed by atoms with Gasteiger partial charge in [-0.15, -0.1) is 5.10 Å². The highest BCUT2D eigenvalue weighted by Crippen LogP contribution is 2.29. The lowest BCUT2D eigenvalue weighted by Gasteiger charge is -2.21. The molecule has 1 aromatic carbocycles. The van der Waals surface area contributed by atoms with Crippen molar-refractivity contribution in [2.45, 2.75) is 44.3 Å². The summed E-state index contributed by atoms with van der Waals surface area (Å²) in [6.07, 6.45) is 3.34. The second kappa shape index (κ2) is 7.00. The maximum absolute atomic E-state index is 12.4. The number of carbonyl (C=O) groups is 2. The second-order valence-corrected chi connectivity index (χ2v) is 7.48. The van der Waals surface area contributed by atoms with Gasteiger partial charge in [0.25, 0.3) is 5.91 Å². The number of anilines is 1. The first-order chi connectivity index (χ1) is 12.6. The highest BCUT2D eigenvalue weighted by atomic mass is 32.1. The van der Waals surface area contributed by atoms with Crippen molar-refractivity contribution in [2.24, 2.45) is 0 Å². The maximum Gasteiger partial charge on any atom is 0.301 e. The van der Waals surface area contributed by atoms with Crippen LogP contribution in [0.25, 0.3) is 0 Å². The molecule has 2 fully saturated rings. The van der Waals surface area contributed by atoms with Crippen molar-refractivity contribution in [3.63, 3.8) is 0 Å². The largest absolute Gasteiger partial charge is 0.430 e. The third-order valence-corrected chi connectivity index (χ3v) is 5.34. The summed E-state index contributed by atoms with van der Waals surface area (Å²) in [5.74, 6) is 0.266. The third-order valence-electron chi connectivity index (χ3n) is 4.63. The fourth-order valence-electron chi connectivity index (χ4n) is 3.46. The number of hydrogen-bond donors (Lipinski definition) is 3. The van der Waals surface area contributed by atoms with Crippen molar-refractivity contribution in [3.05, 3.63) is 29.8 Å². The molecule has 2 aromatic rings. The van der Waals surface area contributed by atoms with Gasteiger partial charge in [0.2, 0.25) is 11.0 Å². The van der Waals surface area contributed by atoms with E-state index in [0.717, 1.165) is 24.2 Å². The van der Waals surface area contributed by atoms with Gasteiger partial charge in [-0.25, -0.2) is 0 Å². The SMILES string of the molecule is CC(=O)Nc1nnc(Oc2ccc(C(=O)N[C@@H]3C[C@H]4CC[C@@H]3N4)cc2)s1. The lowest BCUT2D eigenvalue weighted by molar-refractivity contribution is -0.114. The average Bonchev–Trinajstić information content (AvgIpc) is 3.32. The number of amides is 2. The number of hydrogen-bond acceptors (Lipinski definition) is 7. The van der Waals surface area contributed by atoms with E-state index in [1.165, 1.54) is 13.3 Å². The minimum absolute atomic E-state index is 0.0697. The van der Waals surface area contributed by atoms with Gasteiger partial charge in [0.1, 0.15) is 5.75 Å². The molecule has 26 heavy (non-hydrogen) atoms. The zero-order chi connectivity index (χ0) is 18.1. The van der Waals surface area contributed by atoms with Gasteiger partial charge in [-0.1, -0.05) is 5.10 Å². The number of aromatic nitrogens is 2. The minimum atomic E-state index is -0.214. The van der Waals surface area contributed by atoms with Gasteiger partial charge >= 0.3 is 5.19 Å². The lowest BCUT2D eigenvalue weighted by atomic mass is 9.95. The number of fused-ring (bicyclic) bond motifs is 2. The summed E-state index contributed by atoms with van der Waals surface area (Å²) in [5.41, 5.74) is 0.594. The fraction of sp³-hybridized carbons (Fsp3) is 0.412. The van der Waals surface area contributed by atoms with Gasteiger partial charge in [-0.3, -0.25) is 9.59 Å². The Morgan fingerprint density at radius 2 is 2.04 bits per heavy atom. The number of ether oxygens (including phenoxy) is 1. The Hall–Kier alpha value is -2.52. The number of nitrogens with zero attached hydrogens (tertiary/aromatic N) is 2. The highest BCUT2D eigenvalue weighted by Gasteiger charge is 2.39. The van der Waals surface area contributed by atoms with E-state index < -0.39 is 0 Å². The van der Waals surface area contributed by atoms with Crippen LogP contribution in [0.15, 0.2) is 24.3 Å². The first-order valence-electron chi connectivity index (χ1n) is 8.53. The molecule has 0 spiro atoms. The van der Waals surface area contributed by atoms with Gasteiger partial charge in [0, 0.05) is 30.6 Å². The van der Waals surface area contributed by atoms with Gasteiger partial charge in [0.05, 0.1) is 0 Å². The summed E-state index contributed by atoms with van der Waals surface area (Å²) >= 11 is 1.13. The molecule has 0 unspecified atom stereocenters. The molecule has 3 heterocycles. The summed E-state index contributed by atoms with van der Waals surface area (Å²) in [4.78, 5) is 23.4. The molecule has 0 radical (unpaired) electrons. The number of benzene rings is 1. The van der Waals surface area contributed by atoms with E-state index in [1.54, 1.807) is 24.3 Å². The van der Waals surface area contributed by atoms with Gasteiger partial charge < -0.3 is 20.7 Å². The summed E-state index contributed by atoms with van der Waals surface area (Å²) < 4.78 is 5.60. The maximum atomic E-state index is 12.4. The van der Waals surface area contributed by atoms with Gasteiger partial charge in [0.15, 0.2) is 0 Å². The first kappa shape index (κ1) is 16.9. The van der Waals surface area contributed by atoms with E-state index in [0.29, 0.717) is 33.7 Å². The highest BCUT2D eigenvalue weighted by molar-refractivity contribution is 7.17. The average molecular weight is 373 g/mol. The molecular weight excluding hydrogens is 354 g/mol. The molecule has 136 valence electrons. The monoisotopic (exact) mass is 373 g/mol. The number of nitrogens with one attached hydrogen (secondary N) is 3. The molecule has 1 aromatic heterocycles. The van der Waals surface area contributed by atoms with E-state index >= 15 is 0 Å². The Morgan fingerprint density at radius 1 is 1.23 bits per heavy atom. The Balaban J connectivity index is 1.35. The van der Waals surface area contributed by atoms with Crippen LogP contribution in [0.5, 0.6) is 10.9 Å². The Bertz CT molecular complexity index is 822. The summed E-state index contributed by atoms with van der Waals surface area (Å²) in [6, 6.07) is 8.05. The van der Waals surface area contributed by atoms with Crippen molar-refractivity contribution in [1.29, 1.82) is 0 Å². The quantitative estimate of drug-likeness (QED) is 0.739. The van der Waals surface area contributed by atoms with Crippen molar-refractivity contribution < 1.29 is 14.3 Å². The molecule has 2 aliphatic heterocycles. The molecule has 2 bridgehead atoms. The molecule has 2 saturated heterocycles. The predicted octanol–water partition coefficient (Wildman–Crippen LogP) is 1.91. The van der Waals surface area contributed by atoms with E-state index in [-0.39, 0.29) is 17.9 Å². The molecule has 8 nitrogen and oxygen atoms in total. The van der Waals surface area contributed by atoms with Crippen LogP contribution in [0.1, 0.15) is 36.5 Å². The second-order valence-electron chi connectivity index (χ2n) is 6.54. The van der Waals surface area contributed by atoms with Crippen LogP contribution in [-0.4, -0.2) is 40.1 Å². The van der Waals surface area contributed by atoms with Gasteiger partial charge in [-0.05, 0) is 54.9 Å². The van der Waals surface area contributed by atoms with Crippen LogP contribution in [0.3, 0.4) is 0 Å². The first-order valence-corrected chi connectivity index (χ1v) is 9.34. The Morgan fingerprint density at radius 3 is 2.69 bits per heavy atom. The van der Waals surface area contributed by atoms with Crippen LogP contribution in [-0.2, 0) is 4.79 Å². The van der Waals surface area contributed by atoms with Crippen LogP contribution in [0.2, 0.25) is 0 Å². The summed E-state index contributed by atoms with van der Waals surface area (Å²) in [7, 11) is 0. The van der Waals surface area contributed by atoms with Crippen LogP contribution in [0, 0.1) is 0 Å². The van der Waals surface area contributed by atoms with Crippen LogP contribution in [0.4, 0.5) is 5.13 Å². The normalized spacial score (nSPS) is 23.7. The Labute approximate surface area is 154 Å². The fourth-order valence-corrected chi connectivity index (χ4v) is 4.12. The smallest absolute Gasteiger partial charge is 0.301 e. The number of carbonyl (C=O) groups excluding carboxylic acids is 2. The lowest BCUT2D eigenvalue weighted by Crippen LogP contribution is -2.42. The van der Waals surface area contributed by atoms with E-state index in [9.17, 15) is 9.59 Å². The van der Waals surface area contributed by atoms with Gasteiger partial charge in [-0.2, -0.15) is 0 Å². The molecule has 0 saturated carbocycles. The van der Waals surface area contributed by atoms with Crippen molar-refractivity contribution in [3.8, 4) is 10.9 Å². The van der Waals surface area contributed by atoms with E-state index in [1.807, 2.05) is 0 Å². The van der Waals surface area contributed by atoms with E-state index in [4.69, 9.17) is 4.74 Å². The van der Waals surface area contributed by atoms with Crippen LogP contribution >= 0.6 is 11.3 Å². The van der Waals surface area contributed by atoms with Crippen molar-refractivity contribution in [2.75, 3.05) is 5.32 Å². The molecule has 3 atom stereocenters. The molecule has 2 amide bonds. The molecule has 2 aliphatic rings. The zero-order valence-electron chi connectivity index (χ0n) is 14.2. The number of rotatable bonds is 5.